The normalized spacial score (nSPS) is 29.5. The van der Waals surface area contributed by atoms with Crippen LogP contribution in [0.15, 0.2) is 12.2 Å². The van der Waals surface area contributed by atoms with Gasteiger partial charge < -0.3 is 0 Å². The zero-order chi connectivity index (χ0) is 5.40. The minimum absolute atomic E-state index is 1.05. The summed E-state index contributed by atoms with van der Waals surface area (Å²) in [4.78, 5) is 0. The van der Waals surface area contributed by atoms with Gasteiger partial charge in [-0.05, 0) is 37.5 Å². The van der Waals surface area contributed by atoms with Crippen molar-refractivity contribution in [3.63, 3.8) is 0 Å². The number of rotatable bonds is 0. The van der Waals surface area contributed by atoms with Gasteiger partial charge in [-0.2, -0.15) is 0 Å². The van der Waals surface area contributed by atoms with Gasteiger partial charge in [-0.15, -0.1) is 0 Å². The van der Waals surface area contributed by atoms with E-state index in [9.17, 15) is 0 Å². The molecule has 0 saturated heterocycles. The Kier molecular flexibility index (Phi) is 0.927. The van der Waals surface area contributed by atoms with E-state index in [1.165, 1.54) is 25.7 Å². The van der Waals surface area contributed by atoms with Gasteiger partial charge >= 0.3 is 0 Å². The van der Waals surface area contributed by atoms with Gasteiger partial charge in [0.25, 0.3) is 0 Å². The lowest BCUT2D eigenvalue weighted by molar-refractivity contribution is 0.359. The van der Waals surface area contributed by atoms with E-state index in [0.717, 1.165) is 5.92 Å². The first kappa shape index (κ1) is 4.60. The number of fused-ring (bicyclic) bond motifs is 2. The van der Waals surface area contributed by atoms with Crippen LogP contribution in [0.4, 0.5) is 0 Å². The fraction of sp³-hybridized carbons (Fsp3) is 0.625. The molecule has 3 rings (SSSR count). The molecule has 1 saturated carbocycles. The fourth-order valence-corrected chi connectivity index (χ4v) is 1.63. The molecule has 3 aliphatic rings. The Morgan fingerprint density at radius 2 is 2.12 bits per heavy atom. The first-order valence-electron chi connectivity index (χ1n) is 3.44. The smallest absolute Gasteiger partial charge is 0.0198 e. The van der Waals surface area contributed by atoms with Crippen LogP contribution in [-0.4, -0.2) is 0 Å². The molecule has 2 bridgehead atoms. The Morgan fingerprint density at radius 1 is 1.25 bits per heavy atom. The van der Waals surface area contributed by atoms with Crippen molar-refractivity contribution >= 4 is 0 Å². The molecule has 0 aromatic carbocycles. The predicted octanol–water partition coefficient (Wildman–Crippen LogP) is 2.32. The van der Waals surface area contributed by atoms with Gasteiger partial charge in [-0.1, -0.05) is 12.2 Å². The Hall–Kier alpha value is -0.260. The van der Waals surface area contributed by atoms with Gasteiger partial charge in [0.2, 0.25) is 0 Å². The molecule has 0 aromatic heterocycles. The quantitative estimate of drug-likeness (QED) is 0.417. The number of allylic oxidation sites excluding steroid dienone is 2. The summed E-state index contributed by atoms with van der Waals surface area (Å²) in [5, 5.41) is 0. The Labute approximate surface area is 50.6 Å². The van der Waals surface area contributed by atoms with Crippen molar-refractivity contribution in [3.8, 4) is 0 Å². The first-order valence-corrected chi connectivity index (χ1v) is 3.44. The Bertz CT molecular complexity index is 95.2. The molecule has 0 amide bonds. The molecule has 3 aliphatic carbocycles. The van der Waals surface area contributed by atoms with Crippen LogP contribution < -0.4 is 0 Å². The van der Waals surface area contributed by atoms with Crippen LogP contribution in [0.3, 0.4) is 0 Å². The zero-order valence-electron chi connectivity index (χ0n) is 5.06. The molecule has 0 spiro atoms. The molecular weight excluding hydrogens is 96.1 g/mol. The first-order chi connectivity index (χ1) is 3.95. The van der Waals surface area contributed by atoms with Crippen molar-refractivity contribution in [2.24, 2.45) is 5.92 Å². The Morgan fingerprint density at radius 3 is 3.00 bits per heavy atom. The van der Waals surface area contributed by atoms with E-state index >= 15 is 0 Å². The van der Waals surface area contributed by atoms with Gasteiger partial charge in [0.1, 0.15) is 0 Å². The van der Waals surface area contributed by atoms with Gasteiger partial charge in [0, 0.05) is 0 Å². The van der Waals surface area contributed by atoms with E-state index in [4.69, 9.17) is 0 Å². The number of hydrogen-bond acceptors (Lipinski definition) is 0. The SMILES string of the molecule is C1=CCC2C[C](C1)C2. The van der Waals surface area contributed by atoms with Crippen molar-refractivity contribution in [3.05, 3.63) is 18.1 Å². The van der Waals surface area contributed by atoms with Crippen LogP contribution in [0.1, 0.15) is 25.7 Å². The van der Waals surface area contributed by atoms with E-state index in [2.05, 4.69) is 12.2 Å². The maximum Gasteiger partial charge on any atom is -0.0198 e. The van der Waals surface area contributed by atoms with Crippen LogP contribution in [0.2, 0.25) is 0 Å². The van der Waals surface area contributed by atoms with E-state index in [1.54, 1.807) is 5.92 Å². The minimum Gasteiger partial charge on any atom is -0.0882 e. The molecule has 0 heteroatoms. The molecule has 1 fully saturated rings. The lowest BCUT2D eigenvalue weighted by Crippen LogP contribution is -2.18. The molecular formula is C8H11. The highest BCUT2D eigenvalue weighted by Gasteiger charge is 2.28. The molecule has 0 heterocycles. The van der Waals surface area contributed by atoms with Crippen LogP contribution in [0, 0.1) is 11.8 Å². The van der Waals surface area contributed by atoms with Crippen molar-refractivity contribution in [1.29, 1.82) is 0 Å². The molecule has 0 atom stereocenters. The molecule has 8 heavy (non-hydrogen) atoms. The van der Waals surface area contributed by atoms with Crippen molar-refractivity contribution in [2.45, 2.75) is 25.7 Å². The second-order valence-electron chi connectivity index (χ2n) is 2.94. The van der Waals surface area contributed by atoms with Crippen LogP contribution in [0.25, 0.3) is 0 Å². The fourth-order valence-electron chi connectivity index (χ4n) is 1.63. The van der Waals surface area contributed by atoms with E-state index in [1.807, 2.05) is 0 Å². The van der Waals surface area contributed by atoms with E-state index in [-0.39, 0.29) is 0 Å². The van der Waals surface area contributed by atoms with E-state index < -0.39 is 0 Å². The van der Waals surface area contributed by atoms with Gasteiger partial charge in [0.15, 0.2) is 0 Å². The second kappa shape index (κ2) is 1.61. The van der Waals surface area contributed by atoms with Gasteiger partial charge in [-0.25, -0.2) is 0 Å². The summed E-state index contributed by atoms with van der Waals surface area (Å²) in [6, 6.07) is 0. The topological polar surface area (TPSA) is 0 Å². The highest BCUT2D eigenvalue weighted by Crippen LogP contribution is 2.42. The third kappa shape index (κ3) is 0.594. The highest BCUT2D eigenvalue weighted by atomic mass is 14.3. The summed E-state index contributed by atoms with van der Waals surface area (Å²) in [5.41, 5.74) is 0. The molecule has 0 unspecified atom stereocenters. The number of hydrogen-bond donors (Lipinski definition) is 0. The van der Waals surface area contributed by atoms with Crippen LogP contribution in [-0.2, 0) is 0 Å². The average Bonchev–Trinajstić information content (AvgIpc) is 1.89. The molecule has 0 nitrogen and oxygen atoms in total. The summed E-state index contributed by atoms with van der Waals surface area (Å²) in [6.45, 7) is 0. The third-order valence-electron chi connectivity index (χ3n) is 2.20. The summed E-state index contributed by atoms with van der Waals surface area (Å²) < 4.78 is 0. The largest absolute Gasteiger partial charge is 0.0882 e. The second-order valence-corrected chi connectivity index (χ2v) is 2.94. The predicted molar refractivity (Wildman–Crippen MR) is 34.3 cm³/mol. The summed E-state index contributed by atoms with van der Waals surface area (Å²) in [6.07, 6.45) is 10.2. The standard InChI is InChI=1S/C8H11/c1-2-4-8-5-7(3-1)6-8/h1-2,7H,3-6H2. The molecule has 0 aromatic rings. The molecule has 1 radical (unpaired) electrons. The molecule has 43 valence electrons. The van der Waals surface area contributed by atoms with Crippen molar-refractivity contribution < 1.29 is 0 Å². The third-order valence-corrected chi connectivity index (χ3v) is 2.20. The van der Waals surface area contributed by atoms with Crippen molar-refractivity contribution in [2.75, 3.05) is 0 Å². The maximum absolute atomic E-state index is 2.34. The van der Waals surface area contributed by atoms with Crippen LogP contribution >= 0.6 is 0 Å². The summed E-state index contributed by atoms with van der Waals surface area (Å²) in [7, 11) is 0. The lowest BCUT2D eigenvalue weighted by Gasteiger charge is -2.31. The van der Waals surface area contributed by atoms with Gasteiger partial charge in [-0.3, -0.25) is 0 Å². The average molecular weight is 107 g/mol. The monoisotopic (exact) mass is 107 g/mol. The van der Waals surface area contributed by atoms with Crippen LogP contribution in [0.5, 0.6) is 0 Å². The summed E-state index contributed by atoms with van der Waals surface area (Å²) >= 11 is 0. The zero-order valence-corrected chi connectivity index (χ0v) is 5.06. The van der Waals surface area contributed by atoms with Crippen molar-refractivity contribution in [1.82, 2.24) is 0 Å². The summed E-state index contributed by atoms with van der Waals surface area (Å²) in [5.74, 6) is 2.83. The maximum atomic E-state index is 2.34. The lowest BCUT2D eigenvalue weighted by atomic mass is 9.74. The minimum atomic E-state index is 1.05. The Balaban J connectivity index is 2.05. The van der Waals surface area contributed by atoms with Gasteiger partial charge in [0.05, 0.1) is 0 Å². The highest BCUT2D eigenvalue weighted by molar-refractivity contribution is 5.12. The molecule has 0 aliphatic heterocycles. The van der Waals surface area contributed by atoms with E-state index in [0.29, 0.717) is 0 Å². The molecule has 0 N–H and O–H groups in total.